The molecule has 4 aromatic rings. The first-order chi connectivity index (χ1) is 19.1. The fourth-order valence-electron chi connectivity index (χ4n) is 4.95. The third-order valence-corrected chi connectivity index (χ3v) is 6.88. The maximum Gasteiger partial charge on any atom is 0.340 e. The fraction of sp³-hybridized carbons (Fsp3) is 0.281. The summed E-state index contributed by atoms with van der Waals surface area (Å²) < 4.78 is 11.7. The van der Waals surface area contributed by atoms with Crippen LogP contribution in [-0.4, -0.2) is 41.0 Å². The Kier molecular flexibility index (Phi) is 8.18. The Balaban J connectivity index is 1.32. The van der Waals surface area contributed by atoms with Gasteiger partial charge in [0.05, 0.1) is 11.1 Å². The van der Waals surface area contributed by atoms with Gasteiger partial charge in [0, 0.05) is 41.8 Å². The van der Waals surface area contributed by atoms with Gasteiger partial charge in [-0.25, -0.2) is 4.79 Å². The Labute approximate surface area is 228 Å². The number of rotatable bonds is 9. The highest BCUT2D eigenvalue weighted by atomic mass is 16.5. The van der Waals surface area contributed by atoms with Gasteiger partial charge in [-0.2, -0.15) is 0 Å². The summed E-state index contributed by atoms with van der Waals surface area (Å²) in [5.74, 6) is 0.527. The Hall–Kier alpha value is -4.23. The number of anilines is 1. The normalized spacial score (nSPS) is 13.9. The SMILES string of the molecule is CCCN1CCc2nc3ccccc3c(C(=O)OC(CC)C(=O)Nc3ccc(Oc4ccccc4)cc3)c2C1. The van der Waals surface area contributed by atoms with Crippen molar-refractivity contribution in [1.82, 2.24) is 9.88 Å². The summed E-state index contributed by atoms with van der Waals surface area (Å²) >= 11 is 0. The number of para-hydroxylation sites is 2. The van der Waals surface area contributed by atoms with Gasteiger partial charge in [0.15, 0.2) is 6.10 Å². The molecular weight excluding hydrogens is 490 g/mol. The number of hydrogen-bond acceptors (Lipinski definition) is 6. The Morgan fingerprint density at radius 1 is 0.949 bits per heavy atom. The molecule has 0 saturated heterocycles. The fourth-order valence-corrected chi connectivity index (χ4v) is 4.95. The smallest absolute Gasteiger partial charge is 0.340 e. The number of nitrogens with one attached hydrogen (secondary N) is 1. The molecule has 1 aromatic heterocycles. The summed E-state index contributed by atoms with van der Waals surface area (Å²) in [6, 6.07) is 24.2. The molecule has 0 aliphatic carbocycles. The molecule has 0 spiro atoms. The van der Waals surface area contributed by atoms with E-state index in [0.29, 0.717) is 30.0 Å². The first-order valence-electron chi connectivity index (χ1n) is 13.5. The van der Waals surface area contributed by atoms with Gasteiger partial charge in [0.25, 0.3) is 5.91 Å². The van der Waals surface area contributed by atoms with Crippen LogP contribution in [0, 0.1) is 0 Å². The second-order valence-electron chi connectivity index (χ2n) is 9.69. The predicted octanol–water partition coefficient (Wildman–Crippen LogP) is 6.37. The second kappa shape index (κ2) is 12.1. The number of nitrogens with zero attached hydrogens (tertiary/aromatic N) is 2. The zero-order valence-corrected chi connectivity index (χ0v) is 22.4. The highest BCUT2D eigenvalue weighted by Gasteiger charge is 2.29. The minimum atomic E-state index is -0.935. The molecule has 0 saturated carbocycles. The lowest BCUT2D eigenvalue weighted by Crippen LogP contribution is -2.35. The topological polar surface area (TPSA) is 80.8 Å². The zero-order chi connectivity index (χ0) is 27.2. The highest BCUT2D eigenvalue weighted by molar-refractivity contribution is 6.06. The van der Waals surface area contributed by atoms with Crippen molar-refractivity contribution in [1.29, 1.82) is 0 Å². The lowest BCUT2D eigenvalue weighted by molar-refractivity contribution is -0.124. The first-order valence-corrected chi connectivity index (χ1v) is 13.5. The molecule has 2 heterocycles. The van der Waals surface area contributed by atoms with E-state index in [9.17, 15) is 9.59 Å². The highest BCUT2D eigenvalue weighted by Crippen LogP contribution is 2.30. The molecule has 200 valence electrons. The molecule has 7 nitrogen and oxygen atoms in total. The van der Waals surface area contributed by atoms with Crippen LogP contribution in [0.2, 0.25) is 0 Å². The average Bonchev–Trinajstić information content (AvgIpc) is 2.96. The lowest BCUT2D eigenvalue weighted by atomic mass is 9.95. The van der Waals surface area contributed by atoms with E-state index in [-0.39, 0.29) is 5.91 Å². The minimum absolute atomic E-state index is 0.347. The largest absolute Gasteiger partial charge is 0.457 e. The number of carbonyl (C=O) groups excluding carboxylic acids is 2. The van der Waals surface area contributed by atoms with Gasteiger partial charge in [-0.3, -0.25) is 14.7 Å². The third kappa shape index (κ3) is 6.10. The van der Waals surface area contributed by atoms with Crippen LogP contribution in [0.5, 0.6) is 11.5 Å². The predicted molar refractivity (Wildman–Crippen MR) is 152 cm³/mol. The van der Waals surface area contributed by atoms with Crippen LogP contribution in [0.1, 0.15) is 48.3 Å². The van der Waals surface area contributed by atoms with Crippen LogP contribution < -0.4 is 10.1 Å². The number of ether oxygens (including phenoxy) is 2. The van der Waals surface area contributed by atoms with Gasteiger partial charge in [-0.1, -0.05) is 50.2 Å². The molecular formula is C32H33N3O4. The number of aromatic nitrogens is 1. The van der Waals surface area contributed by atoms with Crippen molar-refractivity contribution in [3.8, 4) is 11.5 Å². The molecule has 0 radical (unpaired) electrons. The van der Waals surface area contributed by atoms with Gasteiger partial charge in [0.2, 0.25) is 0 Å². The monoisotopic (exact) mass is 523 g/mol. The molecule has 1 aliphatic heterocycles. The quantitative estimate of drug-likeness (QED) is 0.257. The van der Waals surface area contributed by atoms with E-state index in [1.165, 1.54) is 0 Å². The van der Waals surface area contributed by atoms with Crippen LogP contribution in [0.25, 0.3) is 10.9 Å². The van der Waals surface area contributed by atoms with Crippen LogP contribution in [0.4, 0.5) is 5.69 Å². The van der Waals surface area contributed by atoms with Gasteiger partial charge in [-0.15, -0.1) is 0 Å². The maximum absolute atomic E-state index is 13.7. The molecule has 5 rings (SSSR count). The van der Waals surface area contributed by atoms with Crippen molar-refractivity contribution in [2.45, 2.75) is 45.8 Å². The molecule has 3 aromatic carbocycles. The molecule has 7 heteroatoms. The summed E-state index contributed by atoms with van der Waals surface area (Å²) in [4.78, 5) is 34.0. The van der Waals surface area contributed by atoms with Crippen molar-refractivity contribution >= 4 is 28.5 Å². The zero-order valence-electron chi connectivity index (χ0n) is 22.4. The van der Waals surface area contributed by atoms with E-state index >= 15 is 0 Å². The van der Waals surface area contributed by atoms with E-state index in [1.807, 2.05) is 61.5 Å². The maximum atomic E-state index is 13.7. The lowest BCUT2D eigenvalue weighted by Gasteiger charge is -2.30. The van der Waals surface area contributed by atoms with Crippen LogP contribution in [0.15, 0.2) is 78.9 Å². The molecule has 1 amide bonds. The molecule has 1 atom stereocenters. The number of fused-ring (bicyclic) bond motifs is 2. The molecule has 1 aliphatic rings. The van der Waals surface area contributed by atoms with Gasteiger partial charge < -0.3 is 14.8 Å². The number of hydrogen-bond donors (Lipinski definition) is 1. The summed E-state index contributed by atoms with van der Waals surface area (Å²) in [6.45, 7) is 6.49. The van der Waals surface area contributed by atoms with Crippen molar-refractivity contribution in [2.24, 2.45) is 0 Å². The molecule has 1 N–H and O–H groups in total. The number of benzene rings is 3. The summed E-state index contributed by atoms with van der Waals surface area (Å²) in [5.41, 5.74) is 3.72. The summed E-state index contributed by atoms with van der Waals surface area (Å²) in [5, 5.41) is 3.63. The van der Waals surface area contributed by atoms with Crippen molar-refractivity contribution in [3.05, 3.63) is 95.7 Å². The Bertz CT molecular complexity index is 1450. The Morgan fingerprint density at radius 2 is 1.67 bits per heavy atom. The van der Waals surface area contributed by atoms with Crippen LogP contribution in [-0.2, 0) is 22.5 Å². The van der Waals surface area contributed by atoms with Crippen LogP contribution >= 0.6 is 0 Å². The number of amides is 1. The van der Waals surface area contributed by atoms with E-state index in [4.69, 9.17) is 14.5 Å². The summed E-state index contributed by atoms with van der Waals surface area (Å²) in [6.07, 6.45) is 1.23. The van der Waals surface area contributed by atoms with E-state index < -0.39 is 12.1 Å². The molecule has 39 heavy (non-hydrogen) atoms. The molecule has 1 unspecified atom stereocenters. The number of esters is 1. The van der Waals surface area contributed by atoms with Crippen molar-refractivity contribution in [3.63, 3.8) is 0 Å². The summed E-state index contributed by atoms with van der Waals surface area (Å²) in [7, 11) is 0. The standard InChI is InChI=1S/C32H33N3O4/c1-3-19-35-20-18-28-26(21-35)30(25-12-8-9-13-27(25)34-28)32(37)39-29(4-2)31(36)33-22-14-16-24(17-15-22)38-23-10-6-5-7-11-23/h5-17,29H,3-4,18-21H2,1-2H3,(H,33,36). The first kappa shape index (κ1) is 26.4. The number of pyridine rings is 1. The van der Waals surface area contributed by atoms with Gasteiger partial charge in [-0.05, 0) is 61.9 Å². The minimum Gasteiger partial charge on any atom is -0.457 e. The Morgan fingerprint density at radius 3 is 2.41 bits per heavy atom. The average molecular weight is 524 g/mol. The molecule has 0 bridgehead atoms. The third-order valence-electron chi connectivity index (χ3n) is 6.88. The van der Waals surface area contributed by atoms with Gasteiger partial charge in [0.1, 0.15) is 11.5 Å². The van der Waals surface area contributed by atoms with Crippen LogP contribution in [0.3, 0.4) is 0 Å². The van der Waals surface area contributed by atoms with Crippen molar-refractivity contribution < 1.29 is 19.1 Å². The van der Waals surface area contributed by atoms with Crippen molar-refractivity contribution in [2.75, 3.05) is 18.4 Å². The van der Waals surface area contributed by atoms with E-state index in [0.717, 1.165) is 53.8 Å². The second-order valence-corrected chi connectivity index (χ2v) is 9.69. The van der Waals surface area contributed by atoms with E-state index in [1.54, 1.807) is 24.3 Å². The van der Waals surface area contributed by atoms with Gasteiger partial charge >= 0.3 is 5.97 Å². The molecule has 0 fully saturated rings. The number of carbonyl (C=O) groups is 2. The van der Waals surface area contributed by atoms with E-state index in [2.05, 4.69) is 17.1 Å².